The van der Waals surface area contributed by atoms with Crippen LogP contribution in [-0.2, 0) is 6.54 Å². The lowest BCUT2D eigenvalue weighted by atomic mass is 10.0. The molecule has 0 radical (unpaired) electrons. The van der Waals surface area contributed by atoms with Crippen molar-refractivity contribution in [2.45, 2.75) is 20.4 Å². The molecule has 0 unspecified atom stereocenters. The van der Waals surface area contributed by atoms with E-state index in [0.29, 0.717) is 13.1 Å². The second-order valence-electron chi connectivity index (χ2n) is 4.67. The molecule has 19 heavy (non-hydrogen) atoms. The number of pyridine rings is 1. The Kier molecular flexibility index (Phi) is 4.42. The molecule has 0 fully saturated rings. The molecule has 0 bridgehead atoms. The van der Waals surface area contributed by atoms with Crippen molar-refractivity contribution >= 4 is 5.78 Å². The number of hydrogen-bond acceptors (Lipinski definition) is 3. The van der Waals surface area contributed by atoms with Gasteiger partial charge in [-0.2, -0.15) is 0 Å². The van der Waals surface area contributed by atoms with Gasteiger partial charge in [-0.25, -0.2) is 0 Å². The average molecular weight is 254 g/mol. The van der Waals surface area contributed by atoms with Crippen molar-refractivity contribution in [2.24, 2.45) is 0 Å². The van der Waals surface area contributed by atoms with Gasteiger partial charge in [0.1, 0.15) is 0 Å². The molecule has 0 spiro atoms. The highest BCUT2D eigenvalue weighted by molar-refractivity contribution is 5.98. The molecule has 3 nitrogen and oxygen atoms in total. The van der Waals surface area contributed by atoms with Crippen molar-refractivity contribution in [1.29, 1.82) is 0 Å². The summed E-state index contributed by atoms with van der Waals surface area (Å²) in [5.74, 6) is 0.119. The molecule has 98 valence electrons. The number of carbonyl (C=O) groups is 1. The van der Waals surface area contributed by atoms with E-state index in [4.69, 9.17) is 0 Å². The van der Waals surface area contributed by atoms with Crippen LogP contribution in [0.2, 0.25) is 0 Å². The van der Waals surface area contributed by atoms with E-state index in [1.165, 1.54) is 5.56 Å². The number of hydrogen-bond donors (Lipinski definition) is 1. The van der Waals surface area contributed by atoms with E-state index >= 15 is 0 Å². The monoisotopic (exact) mass is 254 g/mol. The molecule has 0 aliphatic carbocycles. The summed E-state index contributed by atoms with van der Waals surface area (Å²) in [5, 5.41) is 3.13. The Labute approximate surface area is 113 Å². The zero-order valence-electron chi connectivity index (χ0n) is 11.3. The predicted octanol–water partition coefficient (Wildman–Crippen LogP) is 2.67. The number of ketones is 1. The third kappa shape index (κ3) is 3.73. The summed E-state index contributed by atoms with van der Waals surface area (Å²) in [6, 6.07) is 11.7. The molecule has 1 aromatic carbocycles. The van der Waals surface area contributed by atoms with Gasteiger partial charge in [-0.15, -0.1) is 0 Å². The quantitative estimate of drug-likeness (QED) is 0.834. The van der Waals surface area contributed by atoms with Gasteiger partial charge in [-0.1, -0.05) is 29.8 Å². The van der Waals surface area contributed by atoms with E-state index in [0.717, 1.165) is 16.8 Å². The van der Waals surface area contributed by atoms with Crippen molar-refractivity contribution in [3.05, 3.63) is 65.0 Å². The number of carbonyl (C=O) groups excluding carboxylic acids is 1. The van der Waals surface area contributed by atoms with Gasteiger partial charge < -0.3 is 5.32 Å². The van der Waals surface area contributed by atoms with Crippen LogP contribution in [0.1, 0.15) is 27.2 Å². The van der Waals surface area contributed by atoms with Crippen molar-refractivity contribution < 1.29 is 4.79 Å². The highest BCUT2D eigenvalue weighted by atomic mass is 16.1. The summed E-state index contributed by atoms with van der Waals surface area (Å²) in [5.41, 5.74) is 3.94. The Hall–Kier alpha value is -2.00. The normalized spacial score (nSPS) is 10.4. The topological polar surface area (TPSA) is 42.0 Å². The minimum Gasteiger partial charge on any atom is -0.304 e. The Morgan fingerprint density at radius 2 is 2.05 bits per heavy atom. The minimum atomic E-state index is 0.119. The van der Waals surface area contributed by atoms with Crippen LogP contribution in [0.15, 0.2) is 42.6 Å². The lowest BCUT2D eigenvalue weighted by Gasteiger charge is -2.07. The molecular weight excluding hydrogens is 236 g/mol. The summed E-state index contributed by atoms with van der Waals surface area (Å²) in [6.45, 7) is 4.94. The fraction of sp³-hybridized carbons (Fsp3) is 0.250. The molecule has 0 saturated heterocycles. The van der Waals surface area contributed by atoms with Crippen LogP contribution in [0.4, 0.5) is 0 Å². The predicted molar refractivity (Wildman–Crippen MR) is 76.2 cm³/mol. The first-order valence-electron chi connectivity index (χ1n) is 6.38. The molecule has 2 aromatic rings. The number of Topliss-reactive ketones (excluding diaryl/α,β-unsaturated/α-hetero) is 1. The Morgan fingerprint density at radius 3 is 2.74 bits per heavy atom. The summed E-state index contributed by atoms with van der Waals surface area (Å²) in [7, 11) is 0. The fourth-order valence-electron chi connectivity index (χ4n) is 2.03. The van der Waals surface area contributed by atoms with Crippen LogP contribution in [0.5, 0.6) is 0 Å². The third-order valence-electron chi connectivity index (χ3n) is 3.00. The standard InChI is InChI=1S/C16H18N2O/c1-12-6-7-15(13(2)9-12)16(19)11-17-10-14-5-3-4-8-18-14/h3-9,17H,10-11H2,1-2H3. The zero-order chi connectivity index (χ0) is 13.7. The van der Waals surface area contributed by atoms with Gasteiger partial charge in [0, 0.05) is 18.3 Å². The smallest absolute Gasteiger partial charge is 0.176 e. The third-order valence-corrected chi connectivity index (χ3v) is 3.00. The second kappa shape index (κ2) is 6.25. The Bertz CT molecular complexity index is 564. The molecule has 0 atom stereocenters. The largest absolute Gasteiger partial charge is 0.304 e. The number of aryl methyl sites for hydroxylation is 2. The maximum Gasteiger partial charge on any atom is 0.176 e. The number of rotatable bonds is 5. The van der Waals surface area contributed by atoms with Gasteiger partial charge in [0.15, 0.2) is 5.78 Å². The molecule has 0 aliphatic rings. The van der Waals surface area contributed by atoms with Gasteiger partial charge in [0.05, 0.1) is 12.2 Å². The molecule has 3 heteroatoms. The second-order valence-corrected chi connectivity index (χ2v) is 4.67. The molecule has 1 aromatic heterocycles. The van der Waals surface area contributed by atoms with Gasteiger partial charge in [0.2, 0.25) is 0 Å². The van der Waals surface area contributed by atoms with E-state index in [9.17, 15) is 4.79 Å². The van der Waals surface area contributed by atoms with Crippen LogP contribution in [0.3, 0.4) is 0 Å². The van der Waals surface area contributed by atoms with E-state index in [1.807, 2.05) is 50.2 Å². The van der Waals surface area contributed by atoms with E-state index in [1.54, 1.807) is 6.20 Å². The Balaban J connectivity index is 1.91. The first kappa shape index (κ1) is 13.4. The Morgan fingerprint density at radius 1 is 1.21 bits per heavy atom. The van der Waals surface area contributed by atoms with Crippen molar-refractivity contribution in [1.82, 2.24) is 10.3 Å². The van der Waals surface area contributed by atoms with E-state index < -0.39 is 0 Å². The molecule has 1 heterocycles. The van der Waals surface area contributed by atoms with Gasteiger partial charge in [-0.3, -0.25) is 9.78 Å². The molecular formula is C16H18N2O. The van der Waals surface area contributed by atoms with Crippen LogP contribution in [-0.4, -0.2) is 17.3 Å². The lowest BCUT2D eigenvalue weighted by molar-refractivity contribution is 0.0990. The highest BCUT2D eigenvalue weighted by Crippen LogP contribution is 2.10. The maximum atomic E-state index is 12.1. The van der Waals surface area contributed by atoms with Gasteiger partial charge in [-0.05, 0) is 31.5 Å². The van der Waals surface area contributed by atoms with Gasteiger partial charge in [0.25, 0.3) is 0 Å². The summed E-state index contributed by atoms with van der Waals surface area (Å²) < 4.78 is 0. The number of aromatic nitrogens is 1. The van der Waals surface area contributed by atoms with Crippen LogP contribution < -0.4 is 5.32 Å². The van der Waals surface area contributed by atoms with Crippen LogP contribution in [0, 0.1) is 13.8 Å². The molecule has 0 amide bonds. The summed E-state index contributed by atoms with van der Waals surface area (Å²) in [6.07, 6.45) is 1.75. The lowest BCUT2D eigenvalue weighted by Crippen LogP contribution is -2.23. The molecule has 0 saturated carbocycles. The molecule has 1 N–H and O–H groups in total. The van der Waals surface area contributed by atoms with Crippen molar-refractivity contribution in [3.8, 4) is 0 Å². The number of benzene rings is 1. The van der Waals surface area contributed by atoms with Crippen molar-refractivity contribution in [3.63, 3.8) is 0 Å². The van der Waals surface area contributed by atoms with Crippen LogP contribution in [0.25, 0.3) is 0 Å². The maximum absolute atomic E-state index is 12.1. The molecule has 0 aliphatic heterocycles. The van der Waals surface area contributed by atoms with Gasteiger partial charge >= 0.3 is 0 Å². The average Bonchev–Trinajstić information content (AvgIpc) is 2.39. The first-order chi connectivity index (χ1) is 9.16. The first-order valence-corrected chi connectivity index (χ1v) is 6.38. The zero-order valence-corrected chi connectivity index (χ0v) is 11.3. The van der Waals surface area contributed by atoms with Crippen molar-refractivity contribution in [2.75, 3.05) is 6.54 Å². The minimum absolute atomic E-state index is 0.119. The molecule has 2 rings (SSSR count). The summed E-state index contributed by atoms with van der Waals surface area (Å²) in [4.78, 5) is 16.3. The van der Waals surface area contributed by atoms with E-state index in [-0.39, 0.29) is 5.78 Å². The number of nitrogens with one attached hydrogen (secondary N) is 1. The van der Waals surface area contributed by atoms with E-state index in [2.05, 4.69) is 10.3 Å². The summed E-state index contributed by atoms with van der Waals surface area (Å²) >= 11 is 0. The fourth-order valence-corrected chi connectivity index (χ4v) is 2.03. The SMILES string of the molecule is Cc1ccc(C(=O)CNCc2ccccn2)c(C)c1. The highest BCUT2D eigenvalue weighted by Gasteiger charge is 2.08. The van der Waals surface area contributed by atoms with Crippen LogP contribution >= 0.6 is 0 Å². The number of nitrogens with zero attached hydrogens (tertiary/aromatic N) is 1.